The van der Waals surface area contributed by atoms with Gasteiger partial charge in [-0.15, -0.1) is 0 Å². The Kier molecular flexibility index (Phi) is 3.10. The fraction of sp³-hybridized carbons (Fsp3) is 0.467. The van der Waals surface area contributed by atoms with E-state index in [1.807, 2.05) is 12.1 Å². The number of aryl methyl sites for hydroxylation is 1. The molecule has 0 bridgehead atoms. The summed E-state index contributed by atoms with van der Waals surface area (Å²) in [4.78, 5) is 0. The molecule has 2 aromatic rings. The molecule has 1 aliphatic heterocycles. The molecule has 1 N–H and O–H groups in total. The molecular formula is C15H19NO2. The summed E-state index contributed by atoms with van der Waals surface area (Å²) in [6.07, 6.45) is 1.02. The van der Waals surface area contributed by atoms with Gasteiger partial charge in [-0.2, -0.15) is 0 Å². The van der Waals surface area contributed by atoms with Gasteiger partial charge in [0.25, 0.3) is 0 Å². The monoisotopic (exact) mass is 245 g/mol. The van der Waals surface area contributed by atoms with E-state index in [-0.39, 0.29) is 6.10 Å². The quantitative estimate of drug-likeness (QED) is 0.883. The van der Waals surface area contributed by atoms with Gasteiger partial charge in [0.2, 0.25) is 0 Å². The van der Waals surface area contributed by atoms with Crippen LogP contribution in [0.4, 0.5) is 0 Å². The van der Waals surface area contributed by atoms with Crippen molar-refractivity contribution in [2.24, 2.45) is 0 Å². The van der Waals surface area contributed by atoms with Crippen LogP contribution in [0.1, 0.15) is 31.3 Å². The maximum Gasteiger partial charge on any atom is 0.138 e. The Balaban J connectivity index is 2.00. The summed E-state index contributed by atoms with van der Waals surface area (Å²) in [5.74, 6) is 0.998. The molecule has 18 heavy (non-hydrogen) atoms. The fourth-order valence-electron chi connectivity index (χ4n) is 2.60. The largest absolute Gasteiger partial charge is 0.458 e. The second-order valence-electron chi connectivity index (χ2n) is 4.93. The molecule has 96 valence electrons. The lowest BCUT2D eigenvalue weighted by atomic mass is 10.0. The first-order valence-electron chi connectivity index (χ1n) is 6.65. The van der Waals surface area contributed by atoms with Crippen LogP contribution in [0.3, 0.4) is 0 Å². The fourth-order valence-corrected chi connectivity index (χ4v) is 2.60. The number of hydrogen-bond donors (Lipinski definition) is 1. The molecule has 1 aromatic heterocycles. The van der Waals surface area contributed by atoms with E-state index >= 15 is 0 Å². The summed E-state index contributed by atoms with van der Waals surface area (Å²) in [5, 5.41) is 4.66. The highest BCUT2D eigenvalue weighted by atomic mass is 16.5. The van der Waals surface area contributed by atoms with Gasteiger partial charge in [-0.1, -0.05) is 25.1 Å². The molecule has 3 rings (SSSR count). The average molecular weight is 245 g/mol. The Labute approximate surface area is 107 Å². The summed E-state index contributed by atoms with van der Waals surface area (Å²) >= 11 is 0. The standard InChI is InChI=1S/C15H19NO2/c1-3-11-12-6-4-5-7-13(12)18-15(11)14-8-16-10(2)9-17-14/h4-7,10,14,16H,3,8-9H2,1-2H3. The van der Waals surface area contributed by atoms with Gasteiger partial charge in [-0.25, -0.2) is 0 Å². The number of benzene rings is 1. The van der Waals surface area contributed by atoms with Crippen molar-refractivity contribution in [2.75, 3.05) is 13.2 Å². The predicted molar refractivity (Wildman–Crippen MR) is 71.7 cm³/mol. The van der Waals surface area contributed by atoms with Crippen molar-refractivity contribution in [2.45, 2.75) is 32.4 Å². The maximum absolute atomic E-state index is 6.00. The minimum Gasteiger partial charge on any atom is -0.458 e. The third kappa shape index (κ3) is 1.93. The molecule has 3 heteroatoms. The number of morpholine rings is 1. The first-order valence-corrected chi connectivity index (χ1v) is 6.65. The van der Waals surface area contributed by atoms with Gasteiger partial charge in [0.05, 0.1) is 6.61 Å². The number of hydrogen-bond acceptors (Lipinski definition) is 3. The van der Waals surface area contributed by atoms with E-state index in [1.165, 1.54) is 10.9 Å². The maximum atomic E-state index is 6.00. The lowest BCUT2D eigenvalue weighted by Gasteiger charge is -2.27. The van der Waals surface area contributed by atoms with E-state index in [9.17, 15) is 0 Å². The van der Waals surface area contributed by atoms with Gasteiger partial charge < -0.3 is 14.5 Å². The molecule has 2 atom stereocenters. The van der Waals surface area contributed by atoms with Crippen LogP contribution >= 0.6 is 0 Å². The van der Waals surface area contributed by atoms with Crippen LogP contribution in [0.2, 0.25) is 0 Å². The minimum atomic E-state index is 0.0450. The smallest absolute Gasteiger partial charge is 0.138 e. The zero-order valence-corrected chi connectivity index (χ0v) is 10.9. The van der Waals surface area contributed by atoms with Crippen LogP contribution < -0.4 is 5.32 Å². The second kappa shape index (κ2) is 4.75. The Morgan fingerprint density at radius 2 is 2.17 bits per heavy atom. The number of nitrogens with one attached hydrogen (secondary N) is 1. The predicted octanol–water partition coefficient (Wildman–Crippen LogP) is 3.04. The minimum absolute atomic E-state index is 0.0450. The van der Waals surface area contributed by atoms with Crippen LogP contribution in [-0.4, -0.2) is 19.2 Å². The third-order valence-corrected chi connectivity index (χ3v) is 3.57. The molecule has 2 unspecified atom stereocenters. The van der Waals surface area contributed by atoms with Gasteiger partial charge in [-0.05, 0) is 19.4 Å². The summed E-state index contributed by atoms with van der Waals surface area (Å²) < 4.78 is 11.9. The van der Waals surface area contributed by atoms with Crippen LogP contribution in [0.5, 0.6) is 0 Å². The van der Waals surface area contributed by atoms with Crippen molar-refractivity contribution in [1.29, 1.82) is 0 Å². The highest BCUT2D eigenvalue weighted by Crippen LogP contribution is 2.32. The second-order valence-corrected chi connectivity index (χ2v) is 4.93. The van der Waals surface area contributed by atoms with Gasteiger partial charge in [-0.3, -0.25) is 0 Å². The van der Waals surface area contributed by atoms with Crippen molar-refractivity contribution >= 4 is 11.0 Å². The number of para-hydroxylation sites is 1. The van der Waals surface area contributed by atoms with Crippen LogP contribution in [-0.2, 0) is 11.2 Å². The van der Waals surface area contributed by atoms with Crippen LogP contribution in [0.15, 0.2) is 28.7 Å². The topological polar surface area (TPSA) is 34.4 Å². The average Bonchev–Trinajstić information content (AvgIpc) is 2.78. The van der Waals surface area contributed by atoms with E-state index in [4.69, 9.17) is 9.15 Å². The molecule has 0 spiro atoms. The molecule has 3 nitrogen and oxygen atoms in total. The summed E-state index contributed by atoms with van der Waals surface area (Å²) in [7, 11) is 0. The Morgan fingerprint density at radius 3 is 2.89 bits per heavy atom. The Bertz CT molecular complexity index is 538. The highest BCUT2D eigenvalue weighted by Gasteiger charge is 2.26. The Hall–Kier alpha value is -1.32. The zero-order valence-electron chi connectivity index (χ0n) is 10.9. The van der Waals surface area contributed by atoms with E-state index in [1.54, 1.807) is 0 Å². The molecular weight excluding hydrogens is 226 g/mol. The highest BCUT2D eigenvalue weighted by molar-refractivity contribution is 5.82. The molecule has 0 amide bonds. The van der Waals surface area contributed by atoms with Crippen LogP contribution in [0, 0.1) is 0 Å². The van der Waals surface area contributed by atoms with Gasteiger partial charge in [0, 0.05) is 23.5 Å². The van der Waals surface area contributed by atoms with Crippen molar-refractivity contribution in [3.8, 4) is 0 Å². The van der Waals surface area contributed by atoms with Crippen molar-refractivity contribution in [3.63, 3.8) is 0 Å². The number of rotatable bonds is 2. The van der Waals surface area contributed by atoms with Gasteiger partial charge >= 0.3 is 0 Å². The third-order valence-electron chi connectivity index (χ3n) is 3.57. The molecule has 1 fully saturated rings. The number of fused-ring (bicyclic) bond motifs is 1. The van der Waals surface area contributed by atoms with Crippen molar-refractivity contribution in [3.05, 3.63) is 35.6 Å². The van der Waals surface area contributed by atoms with E-state index in [2.05, 4.69) is 31.3 Å². The molecule has 0 aliphatic carbocycles. The summed E-state index contributed by atoms with van der Waals surface area (Å²) in [6.45, 7) is 5.87. The molecule has 1 saturated heterocycles. The van der Waals surface area contributed by atoms with E-state index in [0.29, 0.717) is 6.04 Å². The van der Waals surface area contributed by atoms with Crippen molar-refractivity contribution in [1.82, 2.24) is 5.32 Å². The van der Waals surface area contributed by atoms with Crippen molar-refractivity contribution < 1.29 is 9.15 Å². The molecule has 1 aromatic carbocycles. The summed E-state index contributed by atoms with van der Waals surface area (Å²) in [6, 6.07) is 8.65. The van der Waals surface area contributed by atoms with E-state index < -0.39 is 0 Å². The molecule has 0 radical (unpaired) electrons. The zero-order chi connectivity index (χ0) is 12.5. The summed E-state index contributed by atoms with van der Waals surface area (Å²) in [5.41, 5.74) is 2.25. The Morgan fingerprint density at radius 1 is 1.33 bits per heavy atom. The lowest BCUT2D eigenvalue weighted by Crippen LogP contribution is -2.40. The SMILES string of the molecule is CCc1c(C2CNC(C)CO2)oc2ccccc12. The molecule has 1 aliphatic rings. The first-order chi connectivity index (χ1) is 8.79. The first kappa shape index (κ1) is 11.8. The van der Waals surface area contributed by atoms with E-state index in [0.717, 1.165) is 30.9 Å². The number of ether oxygens (including phenoxy) is 1. The molecule has 0 saturated carbocycles. The molecule has 2 heterocycles. The normalized spacial score (nSPS) is 24.6. The lowest BCUT2D eigenvalue weighted by molar-refractivity contribution is -0.00477. The van der Waals surface area contributed by atoms with Gasteiger partial charge in [0.15, 0.2) is 0 Å². The number of furan rings is 1. The van der Waals surface area contributed by atoms with Gasteiger partial charge in [0.1, 0.15) is 17.4 Å². The van der Waals surface area contributed by atoms with Crippen LogP contribution in [0.25, 0.3) is 11.0 Å².